The Hall–Kier alpha value is -1.06. The summed E-state index contributed by atoms with van der Waals surface area (Å²) in [4.78, 5) is 2.45. The minimum Gasteiger partial charge on any atom is -0.494 e. The molecule has 0 amide bonds. The lowest BCUT2D eigenvalue weighted by atomic mass is 10.2. The summed E-state index contributed by atoms with van der Waals surface area (Å²) in [6, 6.07) is 8.48. The number of benzene rings is 1. The highest BCUT2D eigenvalue weighted by molar-refractivity contribution is 5.27. The zero-order valence-electron chi connectivity index (χ0n) is 12.6. The summed E-state index contributed by atoms with van der Waals surface area (Å²) < 4.78 is 5.60. The van der Waals surface area contributed by atoms with Crippen molar-refractivity contribution in [1.82, 2.24) is 10.2 Å². The lowest BCUT2D eigenvalue weighted by Gasteiger charge is -2.20. The average molecular weight is 264 g/mol. The fourth-order valence-electron chi connectivity index (χ4n) is 1.93. The van der Waals surface area contributed by atoms with Crippen molar-refractivity contribution in [1.29, 1.82) is 0 Å². The first-order valence-electron chi connectivity index (χ1n) is 7.44. The van der Waals surface area contributed by atoms with Gasteiger partial charge in [0.05, 0.1) is 6.61 Å². The van der Waals surface area contributed by atoms with Crippen LogP contribution < -0.4 is 10.1 Å². The number of ether oxygens (including phenoxy) is 1. The molecule has 1 N–H and O–H groups in total. The minimum absolute atomic E-state index is 0.795. The van der Waals surface area contributed by atoms with E-state index in [1.807, 2.05) is 0 Å². The molecule has 1 aromatic rings. The van der Waals surface area contributed by atoms with Gasteiger partial charge in [-0.2, -0.15) is 0 Å². The Morgan fingerprint density at radius 2 is 1.84 bits per heavy atom. The van der Waals surface area contributed by atoms with E-state index in [0.29, 0.717) is 0 Å². The van der Waals surface area contributed by atoms with E-state index in [4.69, 9.17) is 4.74 Å². The van der Waals surface area contributed by atoms with Gasteiger partial charge in [0.15, 0.2) is 0 Å². The van der Waals surface area contributed by atoms with Crippen LogP contribution in [0.15, 0.2) is 24.3 Å². The minimum atomic E-state index is 0.795. The third kappa shape index (κ3) is 6.60. The molecular weight excluding hydrogens is 236 g/mol. The average Bonchev–Trinajstić information content (AvgIpc) is 2.45. The van der Waals surface area contributed by atoms with Crippen molar-refractivity contribution in [3.63, 3.8) is 0 Å². The zero-order chi connectivity index (χ0) is 13.9. The molecule has 0 radical (unpaired) electrons. The lowest BCUT2D eigenvalue weighted by molar-refractivity contribution is 0.279. The van der Waals surface area contributed by atoms with Crippen LogP contribution >= 0.6 is 0 Å². The Bertz CT molecular complexity index is 324. The van der Waals surface area contributed by atoms with E-state index in [9.17, 15) is 0 Å². The van der Waals surface area contributed by atoms with Crippen LogP contribution in [0.25, 0.3) is 0 Å². The van der Waals surface area contributed by atoms with E-state index in [-0.39, 0.29) is 0 Å². The first-order valence-corrected chi connectivity index (χ1v) is 7.44. The number of hydrogen-bond acceptors (Lipinski definition) is 3. The van der Waals surface area contributed by atoms with Gasteiger partial charge in [-0.05, 0) is 37.2 Å². The summed E-state index contributed by atoms with van der Waals surface area (Å²) in [6.07, 6.45) is 1.05. The largest absolute Gasteiger partial charge is 0.494 e. The van der Waals surface area contributed by atoms with Crippen LogP contribution in [-0.4, -0.2) is 37.7 Å². The normalized spacial score (nSPS) is 10.9. The first kappa shape index (κ1) is 16.0. The molecule has 0 spiro atoms. The molecule has 0 atom stereocenters. The van der Waals surface area contributed by atoms with Gasteiger partial charge in [0, 0.05) is 19.6 Å². The summed E-state index contributed by atoms with van der Waals surface area (Å²) in [7, 11) is 0. The molecule has 0 aliphatic carbocycles. The van der Waals surface area contributed by atoms with Crippen molar-refractivity contribution in [3.8, 4) is 5.75 Å². The first-order chi connectivity index (χ1) is 9.30. The third-order valence-corrected chi connectivity index (χ3v) is 3.10. The molecule has 0 unspecified atom stereocenters. The number of rotatable bonds is 10. The lowest BCUT2D eigenvalue weighted by Crippen LogP contribution is -2.31. The highest BCUT2D eigenvalue weighted by Crippen LogP contribution is 2.13. The zero-order valence-corrected chi connectivity index (χ0v) is 12.6. The molecule has 0 saturated heterocycles. The highest BCUT2D eigenvalue weighted by Gasteiger charge is 2.03. The van der Waals surface area contributed by atoms with Gasteiger partial charge in [-0.25, -0.2) is 0 Å². The molecule has 1 rings (SSSR count). The van der Waals surface area contributed by atoms with Crippen LogP contribution in [0.3, 0.4) is 0 Å². The van der Waals surface area contributed by atoms with Gasteiger partial charge in [0.2, 0.25) is 0 Å². The van der Waals surface area contributed by atoms with Crippen LogP contribution in [0.5, 0.6) is 5.75 Å². The third-order valence-electron chi connectivity index (χ3n) is 3.10. The highest BCUT2D eigenvalue weighted by atomic mass is 16.5. The van der Waals surface area contributed by atoms with Crippen molar-refractivity contribution in [2.45, 2.75) is 33.7 Å². The molecule has 0 fully saturated rings. The summed E-state index contributed by atoms with van der Waals surface area (Å²) in [6.45, 7) is 12.6. The monoisotopic (exact) mass is 264 g/mol. The molecular formula is C16H28N2O. The summed E-state index contributed by atoms with van der Waals surface area (Å²) >= 11 is 0. The Kier molecular flexibility index (Phi) is 8.26. The SMILES string of the molecule is CCCOc1ccc(CN(CC)CCNCC)cc1. The van der Waals surface area contributed by atoms with E-state index in [0.717, 1.165) is 51.5 Å². The molecule has 3 nitrogen and oxygen atoms in total. The van der Waals surface area contributed by atoms with Crippen molar-refractivity contribution < 1.29 is 4.74 Å². The van der Waals surface area contributed by atoms with E-state index in [1.165, 1.54) is 5.56 Å². The van der Waals surface area contributed by atoms with Gasteiger partial charge >= 0.3 is 0 Å². The topological polar surface area (TPSA) is 24.5 Å². The maximum absolute atomic E-state index is 5.60. The molecule has 19 heavy (non-hydrogen) atoms. The number of nitrogens with zero attached hydrogens (tertiary/aromatic N) is 1. The van der Waals surface area contributed by atoms with Crippen molar-refractivity contribution in [2.75, 3.05) is 32.8 Å². The van der Waals surface area contributed by atoms with Gasteiger partial charge in [0.1, 0.15) is 5.75 Å². The number of hydrogen-bond donors (Lipinski definition) is 1. The van der Waals surface area contributed by atoms with E-state index in [2.05, 4.69) is 55.3 Å². The predicted molar refractivity (Wildman–Crippen MR) is 81.7 cm³/mol. The number of nitrogens with one attached hydrogen (secondary N) is 1. The Morgan fingerprint density at radius 1 is 1.11 bits per heavy atom. The molecule has 108 valence electrons. The Morgan fingerprint density at radius 3 is 2.42 bits per heavy atom. The molecule has 0 aromatic heterocycles. The van der Waals surface area contributed by atoms with Crippen LogP contribution in [0, 0.1) is 0 Å². The molecule has 0 saturated carbocycles. The maximum Gasteiger partial charge on any atom is 0.119 e. The van der Waals surface area contributed by atoms with Gasteiger partial charge in [0.25, 0.3) is 0 Å². The maximum atomic E-state index is 5.60. The van der Waals surface area contributed by atoms with Gasteiger partial charge in [-0.1, -0.05) is 32.9 Å². The van der Waals surface area contributed by atoms with Crippen molar-refractivity contribution in [2.24, 2.45) is 0 Å². The molecule has 0 heterocycles. The smallest absolute Gasteiger partial charge is 0.119 e. The summed E-state index contributed by atoms with van der Waals surface area (Å²) in [5.74, 6) is 0.973. The summed E-state index contributed by atoms with van der Waals surface area (Å²) in [5.41, 5.74) is 1.35. The Balaban J connectivity index is 2.41. The van der Waals surface area contributed by atoms with Crippen LogP contribution in [0.2, 0.25) is 0 Å². The second kappa shape index (κ2) is 9.82. The van der Waals surface area contributed by atoms with Crippen molar-refractivity contribution in [3.05, 3.63) is 29.8 Å². The van der Waals surface area contributed by atoms with Crippen LogP contribution in [0.1, 0.15) is 32.8 Å². The van der Waals surface area contributed by atoms with E-state index >= 15 is 0 Å². The molecule has 0 aliphatic heterocycles. The quantitative estimate of drug-likeness (QED) is 0.658. The van der Waals surface area contributed by atoms with Gasteiger partial charge in [-0.15, -0.1) is 0 Å². The molecule has 0 aliphatic rings. The fourth-order valence-corrected chi connectivity index (χ4v) is 1.93. The Labute approximate surface area is 118 Å². The van der Waals surface area contributed by atoms with E-state index < -0.39 is 0 Å². The summed E-state index contributed by atoms with van der Waals surface area (Å²) in [5, 5.41) is 3.37. The second-order valence-electron chi connectivity index (χ2n) is 4.71. The van der Waals surface area contributed by atoms with Crippen LogP contribution in [-0.2, 0) is 6.54 Å². The fraction of sp³-hybridized carbons (Fsp3) is 0.625. The predicted octanol–water partition coefficient (Wildman–Crippen LogP) is 2.91. The second-order valence-corrected chi connectivity index (χ2v) is 4.71. The van der Waals surface area contributed by atoms with Crippen molar-refractivity contribution >= 4 is 0 Å². The van der Waals surface area contributed by atoms with E-state index in [1.54, 1.807) is 0 Å². The molecule has 3 heteroatoms. The van der Waals surface area contributed by atoms with Gasteiger partial charge in [-0.3, -0.25) is 4.90 Å². The molecule has 1 aromatic carbocycles. The van der Waals surface area contributed by atoms with Gasteiger partial charge < -0.3 is 10.1 Å². The standard InChI is InChI=1S/C16H28N2O/c1-4-13-19-16-9-7-15(8-10-16)14-18(6-3)12-11-17-5-2/h7-10,17H,4-6,11-14H2,1-3H3. The number of likely N-dealkylation sites (N-methyl/N-ethyl adjacent to an activating group) is 2. The molecule has 0 bridgehead atoms. The van der Waals surface area contributed by atoms with Crippen LogP contribution in [0.4, 0.5) is 0 Å².